The smallest absolute Gasteiger partial charge is 0.306 e. The molecule has 0 spiro atoms. The maximum Gasteiger partial charge on any atom is 0.306 e. The molecule has 0 amide bonds. The lowest BCUT2D eigenvalue weighted by molar-refractivity contribution is -0.167. The van der Waals surface area contributed by atoms with E-state index in [4.69, 9.17) is 14.2 Å². The van der Waals surface area contributed by atoms with Crippen LogP contribution < -0.4 is 0 Å². The van der Waals surface area contributed by atoms with Gasteiger partial charge in [-0.3, -0.25) is 14.4 Å². The zero-order valence-corrected chi connectivity index (χ0v) is 39.5. The summed E-state index contributed by atoms with van der Waals surface area (Å²) in [5.41, 5.74) is 0. The van der Waals surface area contributed by atoms with Gasteiger partial charge in [0.15, 0.2) is 6.10 Å². The van der Waals surface area contributed by atoms with Crippen molar-refractivity contribution >= 4 is 17.9 Å². The number of hydrogen-bond acceptors (Lipinski definition) is 6. The predicted molar refractivity (Wildman–Crippen MR) is 247 cm³/mol. The number of esters is 3. The minimum absolute atomic E-state index is 0.0630. The van der Waals surface area contributed by atoms with E-state index in [1.807, 2.05) is 0 Å². The van der Waals surface area contributed by atoms with Crippen molar-refractivity contribution in [2.45, 2.75) is 297 Å². The normalized spacial score (nSPS) is 11.9. The van der Waals surface area contributed by atoms with Gasteiger partial charge in [0.1, 0.15) is 13.2 Å². The van der Waals surface area contributed by atoms with Gasteiger partial charge < -0.3 is 14.2 Å². The number of rotatable bonds is 47. The molecule has 0 aromatic rings. The first-order valence-electron chi connectivity index (χ1n) is 25.9. The van der Waals surface area contributed by atoms with Crippen LogP contribution >= 0.6 is 0 Å². The molecule has 0 radical (unpaired) electrons. The first-order chi connectivity index (χ1) is 28.4. The van der Waals surface area contributed by atoms with Gasteiger partial charge in [0.25, 0.3) is 0 Å². The van der Waals surface area contributed by atoms with Crippen molar-refractivity contribution in [3.05, 3.63) is 0 Å². The van der Waals surface area contributed by atoms with Gasteiger partial charge in [-0.2, -0.15) is 0 Å². The first kappa shape index (κ1) is 56.4. The lowest BCUT2D eigenvalue weighted by Crippen LogP contribution is -2.30. The highest BCUT2D eigenvalue weighted by atomic mass is 16.6. The zero-order chi connectivity index (χ0) is 42.4. The Morgan fingerprint density at radius 2 is 0.569 bits per heavy atom. The second-order valence-electron chi connectivity index (χ2n) is 18.3. The number of unbranched alkanes of at least 4 members (excludes halogenated alkanes) is 34. The van der Waals surface area contributed by atoms with Crippen LogP contribution in [0.1, 0.15) is 291 Å². The molecule has 1 atom stereocenters. The second-order valence-corrected chi connectivity index (χ2v) is 18.3. The summed E-state index contributed by atoms with van der Waals surface area (Å²) in [7, 11) is 0. The van der Waals surface area contributed by atoms with Gasteiger partial charge >= 0.3 is 17.9 Å². The quantitative estimate of drug-likeness (QED) is 0.0346. The fourth-order valence-electron chi connectivity index (χ4n) is 7.86. The maximum absolute atomic E-state index is 12.8. The van der Waals surface area contributed by atoms with Crippen LogP contribution in [-0.2, 0) is 28.6 Å². The minimum atomic E-state index is -0.760. The van der Waals surface area contributed by atoms with E-state index in [0.717, 1.165) is 63.7 Å². The molecule has 0 N–H and O–H groups in total. The van der Waals surface area contributed by atoms with E-state index < -0.39 is 6.10 Å². The van der Waals surface area contributed by atoms with Crippen LogP contribution in [0.2, 0.25) is 0 Å². The largest absolute Gasteiger partial charge is 0.462 e. The second kappa shape index (κ2) is 46.5. The van der Waals surface area contributed by atoms with Crippen LogP contribution in [0, 0.1) is 5.92 Å². The van der Waals surface area contributed by atoms with Crippen LogP contribution in [0.15, 0.2) is 0 Å². The van der Waals surface area contributed by atoms with Gasteiger partial charge in [-0.1, -0.05) is 252 Å². The molecular formula is C52H100O6. The lowest BCUT2D eigenvalue weighted by Gasteiger charge is -2.18. The summed E-state index contributed by atoms with van der Waals surface area (Å²) in [6.07, 6.45) is 48.0. The highest BCUT2D eigenvalue weighted by Gasteiger charge is 2.19. The van der Waals surface area contributed by atoms with E-state index in [0.29, 0.717) is 19.3 Å². The molecule has 0 saturated carbocycles. The van der Waals surface area contributed by atoms with E-state index in [-0.39, 0.29) is 31.1 Å². The molecule has 0 aromatic carbocycles. The average molecular weight is 821 g/mol. The van der Waals surface area contributed by atoms with E-state index >= 15 is 0 Å². The van der Waals surface area contributed by atoms with Gasteiger partial charge in [0.05, 0.1) is 0 Å². The van der Waals surface area contributed by atoms with Gasteiger partial charge in [0, 0.05) is 19.3 Å². The molecule has 58 heavy (non-hydrogen) atoms. The summed E-state index contributed by atoms with van der Waals surface area (Å²) < 4.78 is 16.8. The molecule has 0 aliphatic heterocycles. The Morgan fingerprint density at radius 1 is 0.328 bits per heavy atom. The molecular weight excluding hydrogens is 721 g/mol. The summed E-state index contributed by atoms with van der Waals surface area (Å²) in [6, 6.07) is 0. The van der Waals surface area contributed by atoms with E-state index in [9.17, 15) is 14.4 Å². The molecule has 0 fully saturated rings. The molecule has 6 nitrogen and oxygen atoms in total. The van der Waals surface area contributed by atoms with Crippen molar-refractivity contribution in [1.82, 2.24) is 0 Å². The SMILES string of the molecule is CCCCCCCCCCCCCCCCCCC(=O)OC[C@H](COC(=O)CCCCCCCCCCCCCC)OC(=O)CCCCCCCCCCCC(C)C. The third-order valence-corrected chi connectivity index (χ3v) is 11.8. The molecule has 0 aromatic heterocycles. The van der Waals surface area contributed by atoms with Crippen molar-refractivity contribution in [3.8, 4) is 0 Å². The van der Waals surface area contributed by atoms with E-state index in [1.54, 1.807) is 0 Å². The number of hydrogen-bond donors (Lipinski definition) is 0. The van der Waals surface area contributed by atoms with Crippen LogP contribution in [0.4, 0.5) is 0 Å². The first-order valence-corrected chi connectivity index (χ1v) is 25.9. The Hall–Kier alpha value is -1.59. The number of carbonyl (C=O) groups excluding carboxylic acids is 3. The average Bonchev–Trinajstić information content (AvgIpc) is 3.21. The summed E-state index contributed by atoms with van der Waals surface area (Å²) in [5.74, 6) is -0.0398. The Labute approximate surface area is 361 Å². The molecule has 0 saturated heterocycles. The number of carbonyl (C=O) groups is 3. The Balaban J connectivity index is 4.29. The third-order valence-electron chi connectivity index (χ3n) is 11.8. The molecule has 0 aliphatic rings. The topological polar surface area (TPSA) is 78.9 Å². The summed E-state index contributed by atoms with van der Waals surface area (Å²) in [6.45, 7) is 9.00. The standard InChI is InChI=1S/C52H100O6/c1-5-7-9-11-13-15-17-19-20-21-22-24-28-32-36-40-44-51(54)57-47-49(58-52(55)45-41-37-33-29-25-26-30-34-38-42-48(3)4)46-56-50(53)43-39-35-31-27-23-18-16-14-12-10-8-6-2/h48-49H,5-47H2,1-4H3/t49-/m0/s1. The zero-order valence-electron chi connectivity index (χ0n) is 39.5. The Kier molecular flexibility index (Phi) is 45.2. The van der Waals surface area contributed by atoms with Crippen LogP contribution in [-0.4, -0.2) is 37.2 Å². The molecule has 0 unspecified atom stereocenters. The van der Waals surface area contributed by atoms with Crippen molar-refractivity contribution in [3.63, 3.8) is 0 Å². The van der Waals surface area contributed by atoms with Crippen molar-refractivity contribution in [1.29, 1.82) is 0 Å². The van der Waals surface area contributed by atoms with Gasteiger partial charge in [-0.05, 0) is 25.2 Å². The van der Waals surface area contributed by atoms with E-state index in [1.165, 1.54) is 186 Å². The Morgan fingerprint density at radius 3 is 0.845 bits per heavy atom. The highest BCUT2D eigenvalue weighted by Crippen LogP contribution is 2.17. The Bertz CT molecular complexity index is 872. The van der Waals surface area contributed by atoms with Crippen molar-refractivity contribution in [2.75, 3.05) is 13.2 Å². The molecule has 0 heterocycles. The van der Waals surface area contributed by atoms with Gasteiger partial charge in [0.2, 0.25) is 0 Å². The minimum Gasteiger partial charge on any atom is -0.462 e. The van der Waals surface area contributed by atoms with E-state index in [2.05, 4.69) is 27.7 Å². The fourth-order valence-corrected chi connectivity index (χ4v) is 7.86. The summed E-state index contributed by atoms with van der Waals surface area (Å²) in [5, 5.41) is 0. The van der Waals surface area contributed by atoms with Crippen LogP contribution in [0.3, 0.4) is 0 Å². The van der Waals surface area contributed by atoms with Crippen molar-refractivity contribution < 1.29 is 28.6 Å². The lowest BCUT2D eigenvalue weighted by atomic mass is 10.0. The molecule has 6 heteroatoms. The van der Waals surface area contributed by atoms with Crippen LogP contribution in [0.25, 0.3) is 0 Å². The van der Waals surface area contributed by atoms with Gasteiger partial charge in [-0.25, -0.2) is 0 Å². The monoisotopic (exact) mass is 821 g/mol. The maximum atomic E-state index is 12.8. The fraction of sp³-hybridized carbons (Fsp3) is 0.942. The van der Waals surface area contributed by atoms with Gasteiger partial charge in [-0.15, -0.1) is 0 Å². The summed E-state index contributed by atoms with van der Waals surface area (Å²) >= 11 is 0. The molecule has 0 aliphatic carbocycles. The molecule has 344 valence electrons. The summed E-state index contributed by atoms with van der Waals surface area (Å²) in [4.78, 5) is 37.9. The molecule has 0 bridgehead atoms. The molecule has 0 rings (SSSR count). The predicted octanol–water partition coefficient (Wildman–Crippen LogP) is 16.7. The third kappa shape index (κ3) is 45.5. The number of ether oxygens (including phenoxy) is 3. The highest BCUT2D eigenvalue weighted by molar-refractivity contribution is 5.71. The van der Waals surface area contributed by atoms with Crippen molar-refractivity contribution in [2.24, 2.45) is 5.92 Å². The van der Waals surface area contributed by atoms with Crippen LogP contribution in [0.5, 0.6) is 0 Å².